The summed E-state index contributed by atoms with van der Waals surface area (Å²) in [5, 5.41) is 20.2. The molecule has 98 valence electrons. The predicted molar refractivity (Wildman–Crippen MR) is 65.4 cm³/mol. The number of carbonyl (C=O) groups is 1. The second kappa shape index (κ2) is 5.11. The third-order valence-electron chi connectivity index (χ3n) is 2.25. The number of nitro groups is 1. The van der Waals surface area contributed by atoms with Crippen LogP contribution in [0.15, 0.2) is 38.9 Å². The fourth-order valence-corrected chi connectivity index (χ4v) is 2.18. The van der Waals surface area contributed by atoms with E-state index in [0.29, 0.717) is 15.7 Å². The number of rotatable bonds is 4. The lowest BCUT2D eigenvalue weighted by Crippen LogP contribution is -1.93. The zero-order chi connectivity index (χ0) is 14.0. The molecule has 0 aliphatic rings. The normalized spacial score (nSPS) is 10.4. The van der Waals surface area contributed by atoms with Crippen LogP contribution < -0.4 is 0 Å². The maximum absolute atomic E-state index is 10.6. The summed E-state index contributed by atoms with van der Waals surface area (Å²) in [4.78, 5) is 24.7. The first kappa shape index (κ1) is 13.1. The van der Waals surface area contributed by atoms with Gasteiger partial charge in [0.05, 0.1) is 4.92 Å². The van der Waals surface area contributed by atoms with Crippen molar-refractivity contribution in [2.24, 2.45) is 0 Å². The van der Waals surface area contributed by atoms with Gasteiger partial charge in [-0.1, -0.05) is 0 Å². The Hall–Kier alpha value is -2.35. The number of nitrogens with zero attached hydrogens (tertiary/aromatic N) is 2. The minimum Gasteiger partial charge on any atom is -0.475 e. The fraction of sp³-hybridized carbons (Fsp3) is 0.0909. The van der Waals surface area contributed by atoms with Crippen LogP contribution >= 0.6 is 11.8 Å². The van der Waals surface area contributed by atoms with Gasteiger partial charge in [-0.15, -0.1) is 0 Å². The van der Waals surface area contributed by atoms with E-state index in [2.05, 4.69) is 4.98 Å². The standard InChI is InChI=1S/C11H8N2O5S/c1-6-4-9(12-5-7(6)13(16)17)19-10-3-2-8(18-10)11(14)15/h2-5H,1H3,(H,14,15). The van der Waals surface area contributed by atoms with Crippen molar-refractivity contribution < 1.29 is 19.2 Å². The van der Waals surface area contributed by atoms with Gasteiger partial charge in [-0.05, 0) is 36.9 Å². The molecule has 1 N–H and O–H groups in total. The van der Waals surface area contributed by atoms with Gasteiger partial charge in [0.2, 0.25) is 5.76 Å². The monoisotopic (exact) mass is 280 g/mol. The average molecular weight is 280 g/mol. The van der Waals surface area contributed by atoms with E-state index in [1.807, 2.05) is 0 Å². The Morgan fingerprint density at radius 2 is 2.26 bits per heavy atom. The number of hydrogen-bond donors (Lipinski definition) is 1. The van der Waals surface area contributed by atoms with Crippen molar-refractivity contribution in [1.29, 1.82) is 0 Å². The first-order valence-corrected chi connectivity index (χ1v) is 5.91. The highest BCUT2D eigenvalue weighted by Crippen LogP contribution is 2.30. The predicted octanol–water partition coefficient (Wildman–Crippen LogP) is 2.74. The molecule has 2 aromatic rings. The molecule has 0 aromatic carbocycles. The van der Waals surface area contributed by atoms with E-state index in [1.54, 1.807) is 13.0 Å². The quantitative estimate of drug-likeness (QED) is 0.677. The van der Waals surface area contributed by atoms with Crippen molar-refractivity contribution in [3.05, 3.63) is 45.8 Å². The zero-order valence-corrected chi connectivity index (χ0v) is 10.5. The minimum absolute atomic E-state index is 0.0602. The lowest BCUT2D eigenvalue weighted by molar-refractivity contribution is -0.385. The molecular formula is C11H8N2O5S. The largest absolute Gasteiger partial charge is 0.475 e. The maximum atomic E-state index is 10.6. The second-order valence-electron chi connectivity index (χ2n) is 3.59. The molecule has 0 saturated carbocycles. The first-order chi connectivity index (χ1) is 8.97. The van der Waals surface area contributed by atoms with E-state index in [4.69, 9.17) is 9.52 Å². The van der Waals surface area contributed by atoms with Crippen LogP contribution in [0.25, 0.3) is 0 Å². The van der Waals surface area contributed by atoms with E-state index in [-0.39, 0.29) is 11.4 Å². The number of furan rings is 1. The highest BCUT2D eigenvalue weighted by Gasteiger charge is 2.14. The summed E-state index contributed by atoms with van der Waals surface area (Å²) in [6.07, 6.45) is 1.17. The van der Waals surface area contributed by atoms with Crippen LogP contribution in [0.1, 0.15) is 16.1 Å². The van der Waals surface area contributed by atoms with Crippen molar-refractivity contribution in [3.63, 3.8) is 0 Å². The summed E-state index contributed by atoms with van der Waals surface area (Å²) in [7, 11) is 0. The first-order valence-electron chi connectivity index (χ1n) is 5.09. The molecule has 0 spiro atoms. The summed E-state index contributed by atoms with van der Waals surface area (Å²) >= 11 is 1.10. The highest BCUT2D eigenvalue weighted by atomic mass is 32.2. The van der Waals surface area contributed by atoms with E-state index in [9.17, 15) is 14.9 Å². The van der Waals surface area contributed by atoms with Gasteiger partial charge in [-0.2, -0.15) is 0 Å². The maximum Gasteiger partial charge on any atom is 0.371 e. The summed E-state index contributed by atoms with van der Waals surface area (Å²) < 4.78 is 5.06. The van der Waals surface area contributed by atoms with Crippen LogP contribution in [-0.4, -0.2) is 21.0 Å². The number of aromatic carboxylic acids is 1. The Kier molecular flexibility index (Phi) is 3.52. The van der Waals surface area contributed by atoms with Crippen LogP contribution in [0, 0.1) is 17.0 Å². The molecule has 0 radical (unpaired) electrons. The van der Waals surface area contributed by atoms with Gasteiger partial charge >= 0.3 is 5.97 Å². The number of pyridine rings is 1. The molecule has 7 nitrogen and oxygen atoms in total. The summed E-state index contributed by atoms with van der Waals surface area (Å²) in [5.74, 6) is -1.32. The topological polar surface area (TPSA) is 106 Å². The van der Waals surface area contributed by atoms with Crippen LogP contribution in [0.5, 0.6) is 0 Å². The number of hydrogen-bond acceptors (Lipinski definition) is 6. The fourth-order valence-electron chi connectivity index (χ4n) is 1.36. The molecule has 8 heteroatoms. The molecule has 0 saturated heterocycles. The zero-order valence-electron chi connectivity index (χ0n) is 9.69. The minimum atomic E-state index is -1.15. The van der Waals surface area contributed by atoms with Crippen LogP contribution in [0.4, 0.5) is 5.69 Å². The van der Waals surface area contributed by atoms with E-state index >= 15 is 0 Å². The Morgan fingerprint density at radius 1 is 1.53 bits per heavy atom. The van der Waals surface area contributed by atoms with Crippen LogP contribution in [0.2, 0.25) is 0 Å². The van der Waals surface area contributed by atoms with E-state index < -0.39 is 10.9 Å². The Morgan fingerprint density at radius 3 is 2.79 bits per heavy atom. The lowest BCUT2D eigenvalue weighted by atomic mass is 10.3. The molecule has 0 amide bonds. The lowest BCUT2D eigenvalue weighted by Gasteiger charge is -2.00. The highest BCUT2D eigenvalue weighted by molar-refractivity contribution is 7.99. The molecule has 0 unspecified atom stereocenters. The van der Waals surface area contributed by atoms with Crippen molar-refractivity contribution in [3.8, 4) is 0 Å². The molecule has 2 rings (SSSR count). The van der Waals surface area contributed by atoms with Crippen molar-refractivity contribution in [2.45, 2.75) is 17.0 Å². The van der Waals surface area contributed by atoms with Crippen molar-refractivity contribution in [2.75, 3.05) is 0 Å². The van der Waals surface area contributed by atoms with Gasteiger partial charge in [0.15, 0.2) is 5.09 Å². The van der Waals surface area contributed by atoms with E-state index in [0.717, 1.165) is 11.8 Å². The molecule has 2 aromatic heterocycles. The molecular weight excluding hydrogens is 272 g/mol. The third-order valence-corrected chi connectivity index (χ3v) is 3.11. The van der Waals surface area contributed by atoms with Gasteiger partial charge in [0.25, 0.3) is 5.69 Å². The van der Waals surface area contributed by atoms with Crippen LogP contribution in [-0.2, 0) is 0 Å². The smallest absolute Gasteiger partial charge is 0.371 e. The van der Waals surface area contributed by atoms with Gasteiger partial charge in [-0.3, -0.25) is 10.1 Å². The van der Waals surface area contributed by atoms with Gasteiger partial charge in [0, 0.05) is 5.56 Å². The molecule has 0 fully saturated rings. The Balaban J connectivity index is 2.21. The molecule has 0 bridgehead atoms. The second-order valence-corrected chi connectivity index (χ2v) is 4.62. The number of carboxylic acid groups (broad SMARTS) is 1. The van der Waals surface area contributed by atoms with Gasteiger partial charge in [0.1, 0.15) is 11.2 Å². The van der Waals surface area contributed by atoms with Gasteiger partial charge < -0.3 is 9.52 Å². The number of aryl methyl sites for hydroxylation is 1. The van der Waals surface area contributed by atoms with Crippen molar-refractivity contribution >= 4 is 23.4 Å². The molecule has 0 aliphatic heterocycles. The summed E-state index contributed by atoms with van der Waals surface area (Å²) in [6, 6.07) is 4.39. The van der Waals surface area contributed by atoms with Crippen molar-refractivity contribution in [1.82, 2.24) is 4.98 Å². The Bertz CT molecular complexity index is 652. The Labute approximate surface area is 111 Å². The number of aromatic nitrogens is 1. The van der Waals surface area contributed by atoms with Gasteiger partial charge in [-0.25, -0.2) is 9.78 Å². The van der Waals surface area contributed by atoms with E-state index in [1.165, 1.54) is 18.3 Å². The van der Waals surface area contributed by atoms with Crippen LogP contribution in [0.3, 0.4) is 0 Å². The third kappa shape index (κ3) is 2.91. The molecule has 0 aliphatic carbocycles. The summed E-state index contributed by atoms with van der Waals surface area (Å²) in [6.45, 7) is 1.61. The number of carboxylic acids is 1. The SMILES string of the molecule is Cc1cc(Sc2ccc(C(=O)O)o2)ncc1[N+](=O)[O-]. The average Bonchev–Trinajstić information content (AvgIpc) is 2.77. The summed E-state index contributed by atoms with van der Waals surface area (Å²) in [5.41, 5.74) is 0.419. The molecule has 2 heterocycles. The molecule has 0 atom stereocenters. The molecule has 19 heavy (non-hydrogen) atoms.